The number of allylic oxidation sites excluding steroid dienone is 4. The zero-order valence-electron chi connectivity index (χ0n) is 7.88. The van der Waals surface area contributed by atoms with Crippen molar-refractivity contribution in [3.8, 4) is 6.07 Å². The molecule has 2 atom stereocenters. The lowest BCUT2D eigenvalue weighted by Crippen LogP contribution is -2.25. The molecule has 2 N–H and O–H groups in total. The van der Waals surface area contributed by atoms with E-state index in [4.69, 9.17) is 11.0 Å². The molecule has 0 heterocycles. The van der Waals surface area contributed by atoms with Crippen molar-refractivity contribution in [2.45, 2.75) is 26.2 Å². The number of fused-ring (bicyclic) bond motifs is 1. The van der Waals surface area contributed by atoms with Crippen molar-refractivity contribution >= 4 is 0 Å². The first-order valence-electron chi connectivity index (χ1n) is 4.71. The molecule has 13 heavy (non-hydrogen) atoms. The van der Waals surface area contributed by atoms with Gasteiger partial charge in [-0.05, 0) is 24.7 Å². The number of hydrogen-bond donors (Lipinski definition) is 1. The van der Waals surface area contributed by atoms with E-state index in [1.54, 1.807) is 0 Å². The molecule has 0 bridgehead atoms. The first-order valence-corrected chi connectivity index (χ1v) is 4.71. The fraction of sp³-hybridized carbons (Fsp3) is 0.545. The van der Waals surface area contributed by atoms with Gasteiger partial charge in [0.15, 0.2) is 0 Å². The van der Waals surface area contributed by atoms with Crippen LogP contribution >= 0.6 is 0 Å². The average Bonchev–Trinajstić information content (AvgIpc) is 2.34. The highest BCUT2D eigenvalue weighted by Gasteiger charge is 2.43. The molecule has 2 unspecified atom stereocenters. The van der Waals surface area contributed by atoms with Gasteiger partial charge < -0.3 is 5.73 Å². The Morgan fingerprint density at radius 2 is 2.38 bits per heavy atom. The van der Waals surface area contributed by atoms with Crippen molar-refractivity contribution in [2.24, 2.45) is 17.1 Å². The monoisotopic (exact) mass is 174 g/mol. The quantitative estimate of drug-likeness (QED) is 0.572. The van der Waals surface area contributed by atoms with Crippen LogP contribution in [0.15, 0.2) is 23.4 Å². The molecule has 2 heteroatoms. The molecule has 2 nitrogen and oxygen atoms in total. The predicted molar refractivity (Wildman–Crippen MR) is 51.4 cm³/mol. The topological polar surface area (TPSA) is 49.8 Å². The lowest BCUT2D eigenvalue weighted by molar-refractivity contribution is 0.237. The van der Waals surface area contributed by atoms with Crippen molar-refractivity contribution in [2.75, 3.05) is 0 Å². The molecule has 0 fully saturated rings. The Morgan fingerprint density at radius 3 is 3.08 bits per heavy atom. The molecule has 0 aromatic rings. The van der Waals surface area contributed by atoms with Crippen LogP contribution in [0, 0.1) is 22.7 Å². The number of hydrogen-bond acceptors (Lipinski definition) is 2. The molecule has 68 valence electrons. The molecule has 0 aliphatic heterocycles. The van der Waals surface area contributed by atoms with E-state index < -0.39 is 0 Å². The summed E-state index contributed by atoms with van der Waals surface area (Å²) < 4.78 is 0. The molecule has 2 aliphatic carbocycles. The van der Waals surface area contributed by atoms with Crippen LogP contribution in [0.4, 0.5) is 0 Å². The van der Waals surface area contributed by atoms with Gasteiger partial charge in [0.25, 0.3) is 0 Å². The smallest absolute Gasteiger partial charge is 0.0968 e. The summed E-state index contributed by atoms with van der Waals surface area (Å²) in [4.78, 5) is 0. The van der Waals surface area contributed by atoms with Crippen LogP contribution in [0.2, 0.25) is 0 Å². The Kier molecular flexibility index (Phi) is 1.69. The standard InChI is InChI=1S/C11H14N2/c1-11-5-3-2-4-9(11)8(7-12)10(13)6-11/h2-3,9H,4-6,13H2,1H3. The van der Waals surface area contributed by atoms with Crippen molar-refractivity contribution < 1.29 is 0 Å². The van der Waals surface area contributed by atoms with Gasteiger partial charge in [-0.15, -0.1) is 0 Å². The molecule has 0 amide bonds. The number of rotatable bonds is 0. The fourth-order valence-electron chi connectivity index (χ4n) is 2.58. The molecule has 2 rings (SSSR count). The van der Waals surface area contributed by atoms with Crippen LogP contribution in [0.3, 0.4) is 0 Å². The Balaban J connectivity index is 2.38. The molecule has 0 radical (unpaired) electrons. The number of nitriles is 1. The van der Waals surface area contributed by atoms with Crippen molar-refractivity contribution in [3.05, 3.63) is 23.4 Å². The largest absolute Gasteiger partial charge is 0.401 e. The zero-order valence-corrected chi connectivity index (χ0v) is 7.88. The van der Waals surface area contributed by atoms with Gasteiger partial charge in [0.1, 0.15) is 0 Å². The van der Waals surface area contributed by atoms with Gasteiger partial charge in [-0.25, -0.2) is 0 Å². The normalized spacial score (nSPS) is 37.4. The highest BCUT2D eigenvalue weighted by molar-refractivity contribution is 5.38. The van der Waals surface area contributed by atoms with Crippen molar-refractivity contribution in [3.63, 3.8) is 0 Å². The Labute approximate surface area is 78.7 Å². The van der Waals surface area contributed by atoms with Gasteiger partial charge in [0.2, 0.25) is 0 Å². The van der Waals surface area contributed by atoms with E-state index in [2.05, 4.69) is 25.1 Å². The first-order chi connectivity index (χ1) is 6.17. The summed E-state index contributed by atoms with van der Waals surface area (Å²) in [5, 5.41) is 8.98. The fourth-order valence-corrected chi connectivity index (χ4v) is 2.58. The lowest BCUT2D eigenvalue weighted by atomic mass is 9.70. The summed E-state index contributed by atoms with van der Waals surface area (Å²) in [6.45, 7) is 2.23. The predicted octanol–water partition coefficient (Wildman–Crippen LogP) is 2.10. The summed E-state index contributed by atoms with van der Waals surface area (Å²) in [7, 11) is 0. The van der Waals surface area contributed by atoms with Crippen molar-refractivity contribution in [1.82, 2.24) is 0 Å². The highest BCUT2D eigenvalue weighted by atomic mass is 14.7. The van der Waals surface area contributed by atoms with Gasteiger partial charge in [0, 0.05) is 11.6 Å². The molecule has 0 saturated heterocycles. The maximum atomic E-state index is 8.98. The number of nitrogens with two attached hydrogens (primary N) is 1. The second-order valence-corrected chi connectivity index (χ2v) is 4.35. The van der Waals surface area contributed by atoms with E-state index in [1.165, 1.54) is 0 Å². The van der Waals surface area contributed by atoms with E-state index in [-0.39, 0.29) is 5.41 Å². The van der Waals surface area contributed by atoms with Crippen LogP contribution in [0.1, 0.15) is 26.2 Å². The van der Waals surface area contributed by atoms with Gasteiger partial charge >= 0.3 is 0 Å². The summed E-state index contributed by atoms with van der Waals surface area (Å²) in [5.74, 6) is 0.377. The minimum atomic E-state index is 0.226. The highest BCUT2D eigenvalue weighted by Crippen LogP contribution is 2.51. The zero-order chi connectivity index (χ0) is 9.47. The van der Waals surface area contributed by atoms with E-state index in [9.17, 15) is 0 Å². The summed E-state index contributed by atoms with van der Waals surface area (Å²) in [6.07, 6.45) is 7.32. The second kappa shape index (κ2) is 2.63. The lowest BCUT2D eigenvalue weighted by Gasteiger charge is -2.33. The van der Waals surface area contributed by atoms with E-state index in [0.717, 1.165) is 30.5 Å². The van der Waals surface area contributed by atoms with Crippen LogP contribution < -0.4 is 5.73 Å². The van der Waals surface area contributed by atoms with Crippen LogP contribution in [0.25, 0.3) is 0 Å². The summed E-state index contributed by atoms with van der Waals surface area (Å²) in [5.41, 5.74) is 7.75. The third kappa shape index (κ3) is 1.07. The average molecular weight is 174 g/mol. The molecule has 0 aromatic heterocycles. The van der Waals surface area contributed by atoms with E-state index >= 15 is 0 Å². The molecule has 0 spiro atoms. The van der Waals surface area contributed by atoms with E-state index in [0.29, 0.717) is 5.92 Å². The molecule has 0 saturated carbocycles. The Morgan fingerprint density at radius 1 is 1.62 bits per heavy atom. The maximum Gasteiger partial charge on any atom is 0.0968 e. The molecular weight excluding hydrogens is 160 g/mol. The van der Waals surface area contributed by atoms with Gasteiger partial charge in [0.05, 0.1) is 11.6 Å². The van der Waals surface area contributed by atoms with Gasteiger partial charge in [-0.2, -0.15) is 5.26 Å². The third-order valence-electron chi connectivity index (χ3n) is 3.37. The Hall–Kier alpha value is -1.23. The first kappa shape index (κ1) is 8.37. The summed E-state index contributed by atoms with van der Waals surface area (Å²) >= 11 is 0. The van der Waals surface area contributed by atoms with Gasteiger partial charge in [-0.3, -0.25) is 0 Å². The number of nitrogens with zero attached hydrogens (tertiary/aromatic N) is 1. The third-order valence-corrected chi connectivity index (χ3v) is 3.37. The Bertz CT molecular complexity index is 332. The van der Waals surface area contributed by atoms with E-state index in [1.807, 2.05) is 0 Å². The second-order valence-electron chi connectivity index (χ2n) is 4.35. The minimum absolute atomic E-state index is 0.226. The van der Waals surface area contributed by atoms with Crippen molar-refractivity contribution in [1.29, 1.82) is 5.26 Å². The summed E-state index contributed by atoms with van der Waals surface area (Å²) in [6, 6.07) is 2.26. The van der Waals surface area contributed by atoms with Gasteiger partial charge in [-0.1, -0.05) is 19.1 Å². The van der Waals surface area contributed by atoms with Crippen LogP contribution in [-0.2, 0) is 0 Å². The minimum Gasteiger partial charge on any atom is -0.401 e. The van der Waals surface area contributed by atoms with Crippen LogP contribution in [0.5, 0.6) is 0 Å². The SMILES string of the molecule is CC12CC=CCC1C(C#N)=C(N)C2. The molecule has 2 aliphatic rings. The maximum absolute atomic E-state index is 8.98. The molecular formula is C11H14N2. The molecule has 0 aromatic carbocycles. The van der Waals surface area contributed by atoms with Crippen LogP contribution in [-0.4, -0.2) is 0 Å².